The van der Waals surface area contributed by atoms with Crippen LogP contribution in [0.5, 0.6) is 5.75 Å². The first kappa shape index (κ1) is 24.4. The van der Waals surface area contributed by atoms with Gasteiger partial charge in [0.05, 0.1) is 10.5 Å². The first-order valence-electron chi connectivity index (χ1n) is 10.7. The number of halogens is 3. The number of hydrogen-bond acceptors (Lipinski definition) is 4. The second-order valence-electron chi connectivity index (χ2n) is 8.50. The van der Waals surface area contributed by atoms with Crippen molar-refractivity contribution in [2.24, 2.45) is 0 Å². The van der Waals surface area contributed by atoms with Crippen molar-refractivity contribution in [1.29, 1.82) is 0 Å². The summed E-state index contributed by atoms with van der Waals surface area (Å²) in [4.78, 5) is 13.1. The number of carbonyl (C=O) groups excluding carboxylic acids is 1. The topological polar surface area (TPSA) is 80.7 Å². The Morgan fingerprint density at radius 1 is 0.875 bits per heavy atom. The molecule has 0 unspecified atom stereocenters. The van der Waals surface area contributed by atoms with Crippen LogP contribution in [0.25, 0.3) is 0 Å². The Morgan fingerprint density at radius 2 is 1.44 bits per heavy atom. The zero-order valence-corrected chi connectivity index (χ0v) is 22.8. The van der Waals surface area contributed by atoms with Gasteiger partial charge in [-0.2, -0.15) is 8.42 Å². The van der Waals surface area contributed by atoms with Crippen LogP contribution in [-0.2, 0) is 10.1 Å². The molecule has 0 bridgehead atoms. The highest BCUT2D eigenvalue weighted by molar-refractivity contribution is 9.13. The Hall–Kier alpha value is -0.740. The molecule has 2 fully saturated rings. The molecule has 2 aromatic carbocycles. The predicted molar refractivity (Wildman–Crippen MR) is 133 cm³/mol. The maximum absolute atomic E-state index is 13.2. The van der Waals surface area contributed by atoms with Gasteiger partial charge in [0, 0.05) is 13.4 Å². The Kier molecular flexibility index (Phi) is 7.51. The summed E-state index contributed by atoms with van der Waals surface area (Å²) in [6, 6.07) is 6.74. The highest BCUT2D eigenvalue weighted by Crippen LogP contribution is 2.45. The zero-order valence-electron chi connectivity index (χ0n) is 17.2. The van der Waals surface area contributed by atoms with Crippen LogP contribution in [0, 0.1) is 0 Å². The van der Waals surface area contributed by atoms with E-state index in [-0.39, 0.29) is 16.7 Å². The molecule has 0 saturated heterocycles. The number of hydrogen-bond donors (Lipinski definition) is 1. The molecule has 0 heterocycles. The third-order valence-electron chi connectivity index (χ3n) is 6.43. The van der Waals surface area contributed by atoms with Gasteiger partial charge in [-0.25, -0.2) is 4.79 Å². The molecule has 32 heavy (non-hydrogen) atoms. The SMILES string of the molecule is O=C(Oc1cc(C2CCCC2)c(S(=O)(=O)O)cc1C1CCCC1)c1cc(Br)cc(Br)c1Br. The summed E-state index contributed by atoms with van der Waals surface area (Å²) in [5.74, 6) is -0.0309. The summed E-state index contributed by atoms with van der Waals surface area (Å²) >= 11 is 10.3. The summed E-state index contributed by atoms with van der Waals surface area (Å²) in [5, 5.41) is 0. The lowest BCUT2D eigenvalue weighted by molar-refractivity contribution is 0.0731. The zero-order chi connectivity index (χ0) is 23.0. The smallest absolute Gasteiger partial charge is 0.344 e. The number of ether oxygens (including phenoxy) is 1. The molecular weight excluding hydrogens is 628 g/mol. The minimum atomic E-state index is -4.40. The third kappa shape index (κ3) is 5.17. The maximum Gasteiger partial charge on any atom is 0.344 e. The summed E-state index contributed by atoms with van der Waals surface area (Å²) in [6.07, 6.45) is 7.57. The van der Waals surface area contributed by atoms with E-state index >= 15 is 0 Å². The maximum atomic E-state index is 13.2. The number of rotatable bonds is 5. The molecule has 172 valence electrons. The Balaban J connectivity index is 1.82. The number of carbonyl (C=O) groups is 1. The normalized spacial score (nSPS) is 17.8. The molecular formula is C23H23Br3O5S. The van der Waals surface area contributed by atoms with E-state index in [1.54, 1.807) is 18.2 Å². The molecule has 5 nitrogen and oxygen atoms in total. The van der Waals surface area contributed by atoms with Crippen molar-refractivity contribution in [3.63, 3.8) is 0 Å². The lowest BCUT2D eigenvalue weighted by Gasteiger charge is -2.21. The Bertz CT molecular complexity index is 1150. The summed E-state index contributed by atoms with van der Waals surface area (Å²) < 4.78 is 42.5. The van der Waals surface area contributed by atoms with E-state index in [1.165, 1.54) is 0 Å². The van der Waals surface area contributed by atoms with Crippen LogP contribution in [0.1, 0.15) is 84.7 Å². The standard InChI is InChI=1S/C23H23Br3O5S/c24-15-9-18(22(26)19(25)10-15)23(27)31-20-11-17(14-7-3-4-8-14)21(32(28,29)30)12-16(20)13-5-1-2-6-13/h9-14H,1-8H2,(H,28,29,30). The van der Waals surface area contributed by atoms with E-state index in [0.717, 1.165) is 55.8 Å². The fourth-order valence-electron chi connectivity index (χ4n) is 4.87. The number of benzene rings is 2. The predicted octanol–water partition coefficient (Wildman–Crippen LogP) is 7.76. The van der Waals surface area contributed by atoms with Crippen LogP contribution in [0.4, 0.5) is 0 Å². The van der Waals surface area contributed by atoms with E-state index in [1.807, 2.05) is 6.07 Å². The molecule has 0 spiro atoms. The van der Waals surface area contributed by atoms with Crippen molar-refractivity contribution in [2.75, 3.05) is 0 Å². The Morgan fingerprint density at radius 3 is 2.00 bits per heavy atom. The molecule has 1 N–H and O–H groups in total. The van der Waals surface area contributed by atoms with Crippen molar-refractivity contribution >= 4 is 63.9 Å². The molecule has 2 aliphatic rings. The third-order valence-corrected chi connectivity index (χ3v) is 9.80. The summed E-state index contributed by atoms with van der Waals surface area (Å²) in [6.45, 7) is 0. The monoisotopic (exact) mass is 648 g/mol. The Labute approximate surface area is 213 Å². The van der Waals surface area contributed by atoms with Gasteiger partial charge in [0.25, 0.3) is 10.1 Å². The molecule has 2 saturated carbocycles. The van der Waals surface area contributed by atoms with E-state index in [9.17, 15) is 17.8 Å². The molecule has 0 aliphatic heterocycles. The molecule has 2 aromatic rings. The van der Waals surface area contributed by atoms with Crippen molar-refractivity contribution in [3.05, 3.63) is 54.4 Å². The molecule has 0 amide bonds. The quantitative estimate of drug-likeness (QED) is 0.155. The van der Waals surface area contributed by atoms with E-state index in [4.69, 9.17) is 4.74 Å². The average Bonchev–Trinajstić information content (AvgIpc) is 3.43. The minimum absolute atomic E-state index is 0.0220. The van der Waals surface area contributed by atoms with Crippen molar-refractivity contribution in [1.82, 2.24) is 0 Å². The first-order valence-corrected chi connectivity index (χ1v) is 14.5. The van der Waals surface area contributed by atoms with Gasteiger partial charge in [-0.1, -0.05) is 41.6 Å². The molecule has 4 rings (SSSR count). The van der Waals surface area contributed by atoms with Crippen LogP contribution in [0.2, 0.25) is 0 Å². The van der Waals surface area contributed by atoms with E-state index in [0.29, 0.717) is 31.4 Å². The lowest BCUT2D eigenvalue weighted by Crippen LogP contribution is -2.14. The van der Waals surface area contributed by atoms with Gasteiger partial charge in [0.1, 0.15) is 5.75 Å². The molecule has 0 aromatic heterocycles. The van der Waals surface area contributed by atoms with E-state index in [2.05, 4.69) is 47.8 Å². The van der Waals surface area contributed by atoms with Crippen molar-refractivity contribution in [3.8, 4) is 5.75 Å². The van der Waals surface area contributed by atoms with Crippen LogP contribution >= 0.6 is 47.8 Å². The number of esters is 1. The van der Waals surface area contributed by atoms with Crippen LogP contribution in [-0.4, -0.2) is 18.9 Å². The minimum Gasteiger partial charge on any atom is -0.423 e. The van der Waals surface area contributed by atoms with Crippen molar-refractivity contribution in [2.45, 2.75) is 68.1 Å². The summed E-state index contributed by atoms with van der Waals surface area (Å²) in [7, 11) is -4.40. The van der Waals surface area contributed by atoms with E-state index < -0.39 is 16.1 Å². The summed E-state index contributed by atoms with van der Waals surface area (Å²) in [5.41, 5.74) is 1.57. The van der Waals surface area contributed by atoms with Gasteiger partial charge in [-0.3, -0.25) is 4.55 Å². The fourth-order valence-corrected chi connectivity index (χ4v) is 7.29. The van der Waals surface area contributed by atoms with Gasteiger partial charge in [0.15, 0.2) is 0 Å². The van der Waals surface area contributed by atoms with Gasteiger partial charge in [-0.15, -0.1) is 0 Å². The first-order chi connectivity index (χ1) is 15.1. The van der Waals surface area contributed by atoms with Gasteiger partial charge in [-0.05, 0) is 105 Å². The molecule has 0 atom stereocenters. The molecule has 0 radical (unpaired) electrons. The fraction of sp³-hybridized carbons (Fsp3) is 0.435. The molecule has 9 heteroatoms. The average molecular weight is 651 g/mol. The highest BCUT2D eigenvalue weighted by atomic mass is 79.9. The van der Waals surface area contributed by atoms with Crippen LogP contribution < -0.4 is 4.74 Å². The van der Waals surface area contributed by atoms with Crippen LogP contribution in [0.15, 0.2) is 42.6 Å². The second kappa shape index (κ2) is 9.86. The largest absolute Gasteiger partial charge is 0.423 e. The highest BCUT2D eigenvalue weighted by Gasteiger charge is 2.31. The second-order valence-corrected chi connectivity index (χ2v) is 12.5. The van der Waals surface area contributed by atoms with Gasteiger partial charge in [0.2, 0.25) is 0 Å². The lowest BCUT2D eigenvalue weighted by atomic mass is 9.91. The van der Waals surface area contributed by atoms with Gasteiger partial charge < -0.3 is 4.74 Å². The van der Waals surface area contributed by atoms with Gasteiger partial charge >= 0.3 is 5.97 Å². The van der Waals surface area contributed by atoms with Crippen molar-refractivity contribution < 1.29 is 22.5 Å². The molecule has 2 aliphatic carbocycles. The van der Waals surface area contributed by atoms with Crippen LogP contribution in [0.3, 0.4) is 0 Å².